The first kappa shape index (κ1) is 20.9. The lowest BCUT2D eigenvalue weighted by molar-refractivity contribution is 0.184. The van der Waals surface area contributed by atoms with Gasteiger partial charge < -0.3 is 9.64 Å². The molecular weight excluding hydrogens is 396 g/mol. The Balaban J connectivity index is 1.25. The highest BCUT2D eigenvalue weighted by Gasteiger charge is 2.24. The first-order valence-corrected chi connectivity index (χ1v) is 11.5. The molecule has 3 heterocycles. The van der Waals surface area contributed by atoms with Crippen LogP contribution in [0.25, 0.3) is 5.69 Å². The summed E-state index contributed by atoms with van der Waals surface area (Å²) >= 11 is 1.78. The van der Waals surface area contributed by atoms with Gasteiger partial charge >= 0.3 is 0 Å². The van der Waals surface area contributed by atoms with Crippen molar-refractivity contribution >= 4 is 11.3 Å². The number of likely N-dealkylation sites (tertiary alicyclic amines) is 1. The van der Waals surface area contributed by atoms with Gasteiger partial charge in [-0.2, -0.15) is 0 Å². The molecule has 1 aromatic carbocycles. The second kappa shape index (κ2) is 9.22. The van der Waals surface area contributed by atoms with Gasteiger partial charge in [-0.1, -0.05) is 20.8 Å². The van der Waals surface area contributed by atoms with Gasteiger partial charge in [-0.05, 0) is 79.0 Å². The van der Waals surface area contributed by atoms with Crippen LogP contribution < -0.4 is 4.74 Å². The second-order valence-electron chi connectivity index (χ2n) is 9.14. The second-order valence-corrected chi connectivity index (χ2v) is 10.0. The number of nitrogens with zero attached hydrogens (tertiary/aromatic N) is 6. The van der Waals surface area contributed by atoms with Crippen molar-refractivity contribution in [3.8, 4) is 11.4 Å². The highest BCUT2D eigenvalue weighted by atomic mass is 32.1. The average Bonchev–Trinajstić information content (AvgIpc) is 3.43. The summed E-state index contributed by atoms with van der Waals surface area (Å²) in [5.41, 5.74) is 2.32. The summed E-state index contributed by atoms with van der Waals surface area (Å²) in [5, 5.41) is 14.6. The van der Waals surface area contributed by atoms with Crippen molar-refractivity contribution in [1.82, 2.24) is 30.1 Å². The zero-order valence-electron chi connectivity index (χ0n) is 18.0. The van der Waals surface area contributed by atoms with Gasteiger partial charge in [-0.3, -0.25) is 0 Å². The molecule has 0 N–H and O–H groups in total. The van der Waals surface area contributed by atoms with Crippen LogP contribution in [0.15, 0.2) is 36.0 Å². The van der Waals surface area contributed by atoms with Crippen LogP contribution in [-0.2, 0) is 6.61 Å². The van der Waals surface area contributed by atoms with Crippen LogP contribution in [0.2, 0.25) is 0 Å². The molecule has 1 saturated heterocycles. The third kappa shape index (κ3) is 5.64. The zero-order chi connectivity index (χ0) is 21.0. The fraction of sp³-hybridized carbons (Fsp3) is 0.545. The predicted octanol–water partition coefficient (Wildman–Crippen LogP) is 4.31. The number of rotatable bonds is 7. The topological polar surface area (TPSA) is 69.0 Å². The molecule has 7 nitrogen and oxygen atoms in total. The van der Waals surface area contributed by atoms with Gasteiger partial charge in [0.1, 0.15) is 18.7 Å². The predicted molar refractivity (Wildman–Crippen MR) is 118 cm³/mol. The molecule has 0 aliphatic carbocycles. The molecule has 0 amide bonds. The molecule has 3 aromatic rings. The molecule has 0 atom stereocenters. The largest absolute Gasteiger partial charge is 0.487 e. The number of ether oxygens (including phenoxy) is 1. The van der Waals surface area contributed by atoms with Crippen molar-refractivity contribution in [2.24, 2.45) is 5.41 Å². The Bertz CT molecular complexity index is 908. The number of thiazole rings is 1. The molecule has 0 spiro atoms. The number of tetrazole rings is 1. The van der Waals surface area contributed by atoms with Crippen LogP contribution in [0.5, 0.6) is 5.75 Å². The van der Waals surface area contributed by atoms with Gasteiger partial charge in [0.2, 0.25) is 0 Å². The third-order valence-corrected chi connectivity index (χ3v) is 6.58. The van der Waals surface area contributed by atoms with Crippen molar-refractivity contribution in [2.75, 3.05) is 19.6 Å². The van der Waals surface area contributed by atoms with Gasteiger partial charge in [0.25, 0.3) is 0 Å². The SMILES string of the molecule is CC(C)(C)CCN1CCC(c2nc(COc3ccc(-n4cnnn4)cc3)cs2)CC1. The average molecular weight is 427 g/mol. The van der Waals surface area contributed by atoms with E-state index < -0.39 is 0 Å². The monoisotopic (exact) mass is 426 g/mol. The molecule has 2 aromatic heterocycles. The number of piperidine rings is 1. The Labute approximate surface area is 182 Å². The molecule has 0 bridgehead atoms. The summed E-state index contributed by atoms with van der Waals surface area (Å²) < 4.78 is 7.54. The normalized spacial score (nSPS) is 16.1. The maximum Gasteiger partial charge on any atom is 0.143 e. The zero-order valence-corrected chi connectivity index (χ0v) is 18.8. The van der Waals surface area contributed by atoms with E-state index in [4.69, 9.17) is 9.72 Å². The van der Waals surface area contributed by atoms with Crippen LogP contribution in [0.4, 0.5) is 0 Å². The summed E-state index contributed by atoms with van der Waals surface area (Å²) in [6, 6.07) is 7.73. The van der Waals surface area contributed by atoms with Crippen molar-refractivity contribution in [1.29, 1.82) is 0 Å². The molecule has 0 saturated carbocycles. The first-order chi connectivity index (χ1) is 14.5. The first-order valence-electron chi connectivity index (χ1n) is 10.6. The Morgan fingerprint density at radius 1 is 1.13 bits per heavy atom. The molecule has 8 heteroatoms. The van der Waals surface area contributed by atoms with Gasteiger partial charge in [0.05, 0.1) is 16.4 Å². The maximum absolute atomic E-state index is 5.92. The highest BCUT2D eigenvalue weighted by Crippen LogP contribution is 2.31. The Morgan fingerprint density at radius 2 is 1.90 bits per heavy atom. The van der Waals surface area contributed by atoms with Crippen molar-refractivity contribution in [3.63, 3.8) is 0 Å². The molecule has 1 aliphatic rings. The van der Waals surface area contributed by atoms with E-state index in [2.05, 4.69) is 46.6 Å². The van der Waals surface area contributed by atoms with Crippen LogP contribution in [-0.4, -0.2) is 49.7 Å². The lowest BCUT2D eigenvalue weighted by Crippen LogP contribution is -2.35. The molecule has 0 radical (unpaired) electrons. The summed E-state index contributed by atoms with van der Waals surface area (Å²) in [4.78, 5) is 7.47. The van der Waals surface area contributed by atoms with E-state index in [1.165, 1.54) is 43.9 Å². The molecule has 160 valence electrons. The Hall–Kier alpha value is -2.32. The number of hydrogen-bond acceptors (Lipinski definition) is 7. The molecule has 0 unspecified atom stereocenters. The van der Waals surface area contributed by atoms with Crippen molar-refractivity contribution in [2.45, 2.75) is 52.6 Å². The van der Waals surface area contributed by atoms with Gasteiger partial charge in [0.15, 0.2) is 0 Å². The van der Waals surface area contributed by atoms with E-state index in [-0.39, 0.29) is 0 Å². The number of hydrogen-bond donors (Lipinski definition) is 0. The van der Waals surface area contributed by atoms with E-state index in [1.807, 2.05) is 24.3 Å². The highest BCUT2D eigenvalue weighted by molar-refractivity contribution is 7.09. The summed E-state index contributed by atoms with van der Waals surface area (Å²) in [6.45, 7) is 11.0. The van der Waals surface area contributed by atoms with E-state index in [9.17, 15) is 0 Å². The van der Waals surface area contributed by atoms with Crippen molar-refractivity contribution in [3.05, 3.63) is 46.7 Å². The third-order valence-electron chi connectivity index (χ3n) is 5.52. The van der Waals surface area contributed by atoms with E-state index in [0.29, 0.717) is 17.9 Å². The van der Waals surface area contributed by atoms with Crippen LogP contribution in [0.1, 0.15) is 56.7 Å². The lowest BCUT2D eigenvalue weighted by atomic mass is 9.91. The minimum Gasteiger partial charge on any atom is -0.487 e. The molecule has 30 heavy (non-hydrogen) atoms. The summed E-state index contributed by atoms with van der Waals surface area (Å²) in [6.07, 6.45) is 5.24. The number of aromatic nitrogens is 5. The van der Waals surface area contributed by atoms with Crippen LogP contribution in [0.3, 0.4) is 0 Å². The summed E-state index contributed by atoms with van der Waals surface area (Å²) in [7, 11) is 0. The molecule has 4 rings (SSSR count). The minimum absolute atomic E-state index is 0.412. The van der Waals surface area contributed by atoms with Crippen LogP contribution >= 0.6 is 11.3 Å². The fourth-order valence-corrected chi connectivity index (χ4v) is 4.58. The van der Waals surface area contributed by atoms with Gasteiger partial charge in [0, 0.05) is 11.3 Å². The molecule has 1 aliphatic heterocycles. The lowest BCUT2D eigenvalue weighted by Gasteiger charge is -2.33. The molecular formula is C22H30N6OS. The summed E-state index contributed by atoms with van der Waals surface area (Å²) in [5.74, 6) is 1.40. The minimum atomic E-state index is 0.412. The smallest absolute Gasteiger partial charge is 0.143 e. The van der Waals surface area contributed by atoms with Gasteiger partial charge in [-0.25, -0.2) is 9.67 Å². The quantitative estimate of drug-likeness (QED) is 0.561. The van der Waals surface area contributed by atoms with E-state index >= 15 is 0 Å². The Kier molecular flexibility index (Phi) is 6.43. The van der Waals surface area contributed by atoms with Crippen LogP contribution in [0, 0.1) is 5.41 Å². The number of benzene rings is 1. The fourth-order valence-electron chi connectivity index (χ4n) is 3.61. The van der Waals surface area contributed by atoms with E-state index in [0.717, 1.165) is 17.1 Å². The molecule has 1 fully saturated rings. The Morgan fingerprint density at radius 3 is 2.57 bits per heavy atom. The van der Waals surface area contributed by atoms with Crippen molar-refractivity contribution < 1.29 is 4.74 Å². The van der Waals surface area contributed by atoms with E-state index in [1.54, 1.807) is 22.3 Å². The maximum atomic E-state index is 5.92. The standard InChI is InChI=1S/C22H30N6OS/c1-22(2,3)10-13-27-11-8-17(9-12-27)21-24-18(15-30-21)14-29-20-6-4-19(5-7-20)28-16-23-25-26-28/h4-7,15-17H,8-14H2,1-3H3. The van der Waals surface area contributed by atoms with Gasteiger partial charge in [-0.15, -0.1) is 16.4 Å².